The largest absolute Gasteiger partial charge is 0.462 e. The van der Waals surface area contributed by atoms with Crippen LogP contribution in [0.1, 0.15) is 17.3 Å². The molecule has 0 amide bonds. The van der Waals surface area contributed by atoms with E-state index in [0.29, 0.717) is 12.2 Å². The van der Waals surface area contributed by atoms with Gasteiger partial charge < -0.3 is 10.1 Å². The molecule has 92 valence electrons. The second-order valence-electron chi connectivity index (χ2n) is 3.63. The number of anilines is 2. The molecule has 4 nitrogen and oxygen atoms in total. The molecule has 1 heterocycles. The van der Waals surface area contributed by atoms with Gasteiger partial charge in [0, 0.05) is 18.1 Å². The van der Waals surface area contributed by atoms with Crippen molar-refractivity contribution in [2.24, 2.45) is 0 Å². The molecule has 0 aliphatic rings. The van der Waals surface area contributed by atoms with E-state index >= 15 is 0 Å². The summed E-state index contributed by atoms with van der Waals surface area (Å²) in [5, 5.41) is 3.17. The number of esters is 1. The Bertz CT molecular complexity index is 526. The molecule has 0 saturated carbocycles. The van der Waals surface area contributed by atoms with Crippen LogP contribution >= 0.6 is 0 Å². The van der Waals surface area contributed by atoms with Crippen LogP contribution in [0.15, 0.2) is 48.8 Å². The molecule has 1 aromatic carbocycles. The number of pyridine rings is 1. The first kappa shape index (κ1) is 12.1. The van der Waals surface area contributed by atoms with Gasteiger partial charge >= 0.3 is 5.97 Å². The Morgan fingerprint density at radius 3 is 2.67 bits per heavy atom. The lowest BCUT2D eigenvalue weighted by Crippen LogP contribution is -2.07. The van der Waals surface area contributed by atoms with Crippen LogP contribution in [0.2, 0.25) is 0 Å². The summed E-state index contributed by atoms with van der Waals surface area (Å²) in [4.78, 5) is 15.7. The zero-order chi connectivity index (χ0) is 12.8. The molecule has 0 saturated heterocycles. The Balaban J connectivity index is 2.25. The van der Waals surface area contributed by atoms with Crippen LogP contribution in [0.4, 0.5) is 11.4 Å². The van der Waals surface area contributed by atoms with E-state index in [1.807, 2.05) is 30.3 Å². The van der Waals surface area contributed by atoms with Crippen LogP contribution in [0.3, 0.4) is 0 Å². The van der Waals surface area contributed by atoms with Crippen molar-refractivity contribution in [1.29, 1.82) is 0 Å². The van der Waals surface area contributed by atoms with E-state index in [4.69, 9.17) is 4.74 Å². The minimum Gasteiger partial charge on any atom is -0.462 e. The zero-order valence-corrected chi connectivity index (χ0v) is 10.1. The van der Waals surface area contributed by atoms with Crippen molar-refractivity contribution in [1.82, 2.24) is 4.98 Å². The van der Waals surface area contributed by atoms with Crippen LogP contribution in [-0.2, 0) is 4.74 Å². The molecule has 0 bridgehead atoms. The van der Waals surface area contributed by atoms with Crippen LogP contribution in [-0.4, -0.2) is 17.6 Å². The molecular formula is C14H14N2O2. The first-order valence-electron chi connectivity index (χ1n) is 5.74. The fourth-order valence-electron chi connectivity index (χ4n) is 1.57. The number of nitrogens with zero attached hydrogens (tertiary/aromatic N) is 1. The minimum absolute atomic E-state index is 0.324. The Hall–Kier alpha value is -2.36. The summed E-state index contributed by atoms with van der Waals surface area (Å²) < 4.78 is 5.02. The molecule has 0 fully saturated rings. The molecule has 2 rings (SSSR count). The fraction of sp³-hybridized carbons (Fsp3) is 0.143. The molecule has 0 radical (unpaired) electrons. The van der Waals surface area contributed by atoms with Crippen molar-refractivity contribution < 1.29 is 9.53 Å². The van der Waals surface area contributed by atoms with Crippen molar-refractivity contribution >= 4 is 17.3 Å². The maximum Gasteiger partial charge on any atom is 0.340 e. The normalized spacial score (nSPS) is 9.83. The molecule has 0 unspecified atom stereocenters. The predicted molar refractivity (Wildman–Crippen MR) is 69.9 cm³/mol. The van der Waals surface area contributed by atoms with Gasteiger partial charge in [0.2, 0.25) is 0 Å². The third-order valence-electron chi connectivity index (χ3n) is 2.38. The molecule has 0 aliphatic carbocycles. The Morgan fingerprint density at radius 1 is 1.22 bits per heavy atom. The molecule has 4 heteroatoms. The smallest absolute Gasteiger partial charge is 0.340 e. The first-order valence-corrected chi connectivity index (χ1v) is 5.74. The second kappa shape index (κ2) is 5.82. The molecule has 0 spiro atoms. The van der Waals surface area contributed by atoms with Crippen LogP contribution in [0, 0.1) is 0 Å². The van der Waals surface area contributed by atoms with E-state index in [9.17, 15) is 4.79 Å². The van der Waals surface area contributed by atoms with Gasteiger partial charge in [-0.3, -0.25) is 4.98 Å². The van der Waals surface area contributed by atoms with E-state index in [1.165, 1.54) is 0 Å². The number of carbonyl (C=O) groups excluding carboxylic acids is 1. The number of aromatic nitrogens is 1. The maximum absolute atomic E-state index is 11.8. The fourth-order valence-corrected chi connectivity index (χ4v) is 1.57. The van der Waals surface area contributed by atoms with E-state index < -0.39 is 0 Å². The van der Waals surface area contributed by atoms with E-state index in [-0.39, 0.29) is 5.97 Å². The minimum atomic E-state index is -0.324. The summed E-state index contributed by atoms with van der Waals surface area (Å²) in [7, 11) is 0. The standard InChI is InChI=1S/C14H14N2O2/c1-2-18-14(17)12-5-3-4-6-13(12)16-11-7-9-15-10-8-11/h3-10H,2H2,1H3,(H,15,16). The van der Waals surface area contributed by atoms with Gasteiger partial charge in [0.05, 0.1) is 17.9 Å². The summed E-state index contributed by atoms with van der Waals surface area (Å²) in [6.07, 6.45) is 3.38. The average Bonchev–Trinajstić information content (AvgIpc) is 2.41. The van der Waals surface area contributed by atoms with Gasteiger partial charge in [0.25, 0.3) is 0 Å². The number of rotatable bonds is 4. The first-order chi connectivity index (χ1) is 8.81. The van der Waals surface area contributed by atoms with Crippen molar-refractivity contribution in [3.63, 3.8) is 0 Å². The van der Waals surface area contributed by atoms with Crippen molar-refractivity contribution in [3.8, 4) is 0 Å². The lowest BCUT2D eigenvalue weighted by Gasteiger charge is -2.10. The zero-order valence-electron chi connectivity index (χ0n) is 10.1. The van der Waals surface area contributed by atoms with Crippen LogP contribution in [0.25, 0.3) is 0 Å². The molecule has 2 aromatic rings. The highest BCUT2D eigenvalue weighted by Crippen LogP contribution is 2.20. The summed E-state index contributed by atoms with van der Waals surface area (Å²) in [5.41, 5.74) is 2.13. The number of ether oxygens (including phenoxy) is 1. The molecule has 1 N–H and O–H groups in total. The van der Waals surface area contributed by atoms with Crippen LogP contribution in [0.5, 0.6) is 0 Å². The Kier molecular flexibility index (Phi) is 3.91. The lowest BCUT2D eigenvalue weighted by atomic mass is 10.1. The predicted octanol–water partition coefficient (Wildman–Crippen LogP) is 3.00. The number of carbonyl (C=O) groups is 1. The van der Waals surface area contributed by atoms with Gasteiger partial charge in [-0.25, -0.2) is 4.79 Å². The summed E-state index contributed by atoms with van der Waals surface area (Å²) in [6.45, 7) is 2.15. The van der Waals surface area contributed by atoms with E-state index in [1.54, 1.807) is 25.4 Å². The lowest BCUT2D eigenvalue weighted by molar-refractivity contribution is 0.0527. The van der Waals surface area contributed by atoms with Gasteiger partial charge in [-0.15, -0.1) is 0 Å². The summed E-state index contributed by atoms with van der Waals surface area (Å²) in [6, 6.07) is 10.9. The van der Waals surface area contributed by atoms with E-state index in [2.05, 4.69) is 10.3 Å². The monoisotopic (exact) mass is 242 g/mol. The number of hydrogen-bond donors (Lipinski definition) is 1. The SMILES string of the molecule is CCOC(=O)c1ccccc1Nc1ccncc1. The number of nitrogens with one attached hydrogen (secondary N) is 1. The molecule has 18 heavy (non-hydrogen) atoms. The highest BCUT2D eigenvalue weighted by Gasteiger charge is 2.11. The van der Waals surface area contributed by atoms with Gasteiger partial charge in [-0.05, 0) is 31.2 Å². The van der Waals surface area contributed by atoms with Gasteiger partial charge in [-0.1, -0.05) is 12.1 Å². The summed E-state index contributed by atoms with van der Waals surface area (Å²) >= 11 is 0. The van der Waals surface area contributed by atoms with Crippen molar-refractivity contribution in [2.75, 3.05) is 11.9 Å². The Morgan fingerprint density at radius 2 is 1.94 bits per heavy atom. The molecule has 0 aliphatic heterocycles. The van der Waals surface area contributed by atoms with E-state index in [0.717, 1.165) is 11.4 Å². The number of para-hydroxylation sites is 1. The average molecular weight is 242 g/mol. The molecular weight excluding hydrogens is 228 g/mol. The molecule has 0 atom stereocenters. The van der Waals surface area contributed by atoms with Gasteiger partial charge in [-0.2, -0.15) is 0 Å². The third-order valence-corrected chi connectivity index (χ3v) is 2.38. The maximum atomic E-state index is 11.8. The third kappa shape index (κ3) is 2.85. The van der Waals surface area contributed by atoms with Gasteiger partial charge in [0.1, 0.15) is 0 Å². The highest BCUT2D eigenvalue weighted by atomic mass is 16.5. The van der Waals surface area contributed by atoms with Gasteiger partial charge in [0.15, 0.2) is 0 Å². The number of benzene rings is 1. The number of hydrogen-bond acceptors (Lipinski definition) is 4. The van der Waals surface area contributed by atoms with Crippen molar-refractivity contribution in [2.45, 2.75) is 6.92 Å². The topological polar surface area (TPSA) is 51.2 Å². The second-order valence-corrected chi connectivity index (χ2v) is 3.63. The summed E-state index contributed by atoms with van der Waals surface area (Å²) in [5.74, 6) is -0.324. The Labute approximate surface area is 106 Å². The highest BCUT2D eigenvalue weighted by molar-refractivity contribution is 5.96. The quantitative estimate of drug-likeness (QED) is 0.837. The van der Waals surface area contributed by atoms with Crippen molar-refractivity contribution in [3.05, 3.63) is 54.4 Å². The molecule has 1 aromatic heterocycles. The van der Waals surface area contributed by atoms with Crippen LogP contribution < -0.4 is 5.32 Å².